The molecule has 1 N–H and O–H groups in total. The summed E-state index contributed by atoms with van der Waals surface area (Å²) in [6, 6.07) is 14.9. The van der Waals surface area contributed by atoms with E-state index >= 15 is 0 Å². The van der Waals surface area contributed by atoms with Crippen molar-refractivity contribution in [3.8, 4) is 17.3 Å². The maximum Gasteiger partial charge on any atom is 0.264 e. The Morgan fingerprint density at radius 2 is 2.00 bits per heavy atom. The molecule has 0 atom stereocenters. The Bertz CT molecular complexity index is 1260. The number of fused-ring (bicyclic) bond motifs is 1. The number of hydrogen-bond donors (Lipinski definition) is 1. The summed E-state index contributed by atoms with van der Waals surface area (Å²) in [5, 5.41) is 12.9. The summed E-state index contributed by atoms with van der Waals surface area (Å²) in [4.78, 5) is 25.8. The molecule has 4 rings (SSSR count). The summed E-state index contributed by atoms with van der Waals surface area (Å²) in [5.74, 6) is 0.459. The predicted octanol–water partition coefficient (Wildman–Crippen LogP) is 2.87. The molecule has 0 saturated heterocycles. The number of pyridine rings is 2. The Morgan fingerprint density at radius 1 is 1.18 bits per heavy atom. The highest BCUT2D eigenvalue weighted by Gasteiger charge is 2.13. The first-order chi connectivity index (χ1) is 13.7. The number of nitrogens with one attached hydrogen (secondary N) is 1. The molecule has 0 saturated carbocycles. The molecule has 3 heterocycles. The van der Waals surface area contributed by atoms with Gasteiger partial charge < -0.3 is 9.88 Å². The minimum Gasteiger partial charge on any atom is -0.365 e. The second-order valence-corrected chi connectivity index (χ2v) is 6.31. The van der Waals surface area contributed by atoms with Gasteiger partial charge in [-0.3, -0.25) is 9.78 Å². The molecule has 0 unspecified atom stereocenters. The molecule has 7 nitrogen and oxygen atoms in total. The van der Waals surface area contributed by atoms with Crippen molar-refractivity contribution in [3.63, 3.8) is 0 Å². The van der Waals surface area contributed by atoms with Crippen LogP contribution >= 0.6 is 0 Å². The maximum atomic E-state index is 12.7. The van der Waals surface area contributed by atoms with E-state index in [9.17, 15) is 4.79 Å². The number of rotatable bonds is 4. The molecule has 0 radical (unpaired) electrons. The van der Waals surface area contributed by atoms with Gasteiger partial charge in [-0.1, -0.05) is 12.1 Å². The zero-order valence-corrected chi connectivity index (χ0v) is 15.1. The van der Waals surface area contributed by atoms with Gasteiger partial charge in [0.1, 0.15) is 11.2 Å². The highest BCUT2D eigenvalue weighted by atomic mass is 16.1. The molecule has 0 aliphatic carbocycles. The highest BCUT2D eigenvalue weighted by molar-refractivity contribution is 5.91. The van der Waals surface area contributed by atoms with Crippen LogP contribution in [0.3, 0.4) is 0 Å². The van der Waals surface area contributed by atoms with E-state index in [1.165, 1.54) is 10.9 Å². The van der Waals surface area contributed by atoms with Crippen LogP contribution in [0.2, 0.25) is 0 Å². The van der Waals surface area contributed by atoms with E-state index < -0.39 is 0 Å². The summed E-state index contributed by atoms with van der Waals surface area (Å²) in [7, 11) is 1.66. The topological polar surface area (TPSA) is 96.5 Å². The molecule has 4 aromatic rings. The first kappa shape index (κ1) is 17.4. The second-order valence-electron chi connectivity index (χ2n) is 6.31. The Morgan fingerprint density at radius 3 is 2.79 bits per heavy atom. The Kier molecular flexibility index (Phi) is 4.52. The minimum atomic E-state index is -0.174. The zero-order valence-electron chi connectivity index (χ0n) is 15.1. The van der Waals surface area contributed by atoms with Gasteiger partial charge in [0.25, 0.3) is 5.56 Å². The third kappa shape index (κ3) is 3.31. The lowest BCUT2D eigenvalue weighted by Gasteiger charge is -2.12. The van der Waals surface area contributed by atoms with Crippen molar-refractivity contribution >= 4 is 16.7 Å². The van der Waals surface area contributed by atoms with E-state index in [4.69, 9.17) is 5.26 Å². The number of aryl methyl sites for hydroxylation is 1. The molecular formula is C21H16N6O. The van der Waals surface area contributed by atoms with Crippen molar-refractivity contribution in [1.29, 1.82) is 5.26 Å². The standard InChI is InChI=1S/C21H16N6O/c1-27-13-25-18-10-17(16-4-2-3-15(9-16)11-22)26-20(19(18)21(27)28)24-12-14-5-7-23-8-6-14/h2-10,13H,12H2,1H3,(H,24,26). The quantitative estimate of drug-likeness (QED) is 0.595. The molecule has 3 aromatic heterocycles. The third-order valence-electron chi connectivity index (χ3n) is 4.40. The third-order valence-corrected chi connectivity index (χ3v) is 4.40. The smallest absolute Gasteiger partial charge is 0.264 e. The van der Waals surface area contributed by atoms with E-state index in [-0.39, 0.29) is 5.56 Å². The van der Waals surface area contributed by atoms with Crippen LogP contribution in [0.1, 0.15) is 11.1 Å². The van der Waals surface area contributed by atoms with E-state index in [2.05, 4.69) is 26.3 Å². The first-order valence-corrected chi connectivity index (χ1v) is 8.65. The first-order valence-electron chi connectivity index (χ1n) is 8.65. The largest absolute Gasteiger partial charge is 0.365 e. The molecule has 0 amide bonds. The molecule has 1 aromatic carbocycles. The van der Waals surface area contributed by atoms with Crippen LogP contribution in [0.5, 0.6) is 0 Å². The molecule has 0 aliphatic rings. The fraction of sp³-hybridized carbons (Fsp3) is 0.0952. The number of hydrogen-bond acceptors (Lipinski definition) is 6. The molecule has 0 bridgehead atoms. The lowest BCUT2D eigenvalue weighted by Crippen LogP contribution is -2.19. The maximum absolute atomic E-state index is 12.7. The molecule has 0 fully saturated rings. The molecule has 0 aliphatic heterocycles. The molecule has 136 valence electrons. The summed E-state index contributed by atoms with van der Waals surface area (Å²) >= 11 is 0. The van der Waals surface area contributed by atoms with Gasteiger partial charge in [0.15, 0.2) is 0 Å². The highest BCUT2D eigenvalue weighted by Crippen LogP contribution is 2.25. The van der Waals surface area contributed by atoms with Gasteiger partial charge in [-0.05, 0) is 35.9 Å². The monoisotopic (exact) mass is 368 g/mol. The Hall–Kier alpha value is -4.05. The summed E-state index contributed by atoms with van der Waals surface area (Å²) in [5.41, 5.74) is 3.36. The van der Waals surface area contributed by atoms with E-state index in [1.54, 1.807) is 43.7 Å². The van der Waals surface area contributed by atoms with Gasteiger partial charge in [0, 0.05) is 31.5 Å². The van der Waals surface area contributed by atoms with Crippen molar-refractivity contribution in [2.45, 2.75) is 6.54 Å². The molecule has 0 spiro atoms. The van der Waals surface area contributed by atoms with Crippen LogP contribution in [0.15, 0.2) is 66.0 Å². The predicted molar refractivity (Wildman–Crippen MR) is 106 cm³/mol. The zero-order chi connectivity index (χ0) is 19.5. The van der Waals surface area contributed by atoms with E-state index in [0.29, 0.717) is 34.5 Å². The van der Waals surface area contributed by atoms with Crippen LogP contribution in [-0.2, 0) is 13.6 Å². The van der Waals surface area contributed by atoms with Gasteiger partial charge in [0.05, 0.1) is 29.2 Å². The lowest BCUT2D eigenvalue weighted by atomic mass is 10.1. The van der Waals surface area contributed by atoms with Gasteiger partial charge in [-0.15, -0.1) is 0 Å². The summed E-state index contributed by atoms with van der Waals surface area (Å²) in [6.07, 6.45) is 4.92. The fourth-order valence-electron chi connectivity index (χ4n) is 2.93. The van der Waals surface area contributed by atoms with Crippen LogP contribution in [0, 0.1) is 11.3 Å². The van der Waals surface area contributed by atoms with Crippen LogP contribution < -0.4 is 10.9 Å². The summed E-state index contributed by atoms with van der Waals surface area (Å²) < 4.78 is 1.43. The Labute approximate surface area is 161 Å². The van der Waals surface area contributed by atoms with Crippen LogP contribution in [0.4, 0.5) is 5.82 Å². The lowest BCUT2D eigenvalue weighted by molar-refractivity contribution is 0.842. The SMILES string of the molecule is Cn1cnc2cc(-c3cccc(C#N)c3)nc(NCc3ccncc3)c2c1=O. The van der Waals surface area contributed by atoms with Crippen molar-refractivity contribution in [2.75, 3.05) is 5.32 Å². The molecule has 28 heavy (non-hydrogen) atoms. The number of benzene rings is 1. The van der Waals surface area contributed by atoms with Crippen LogP contribution in [0.25, 0.3) is 22.2 Å². The van der Waals surface area contributed by atoms with Crippen molar-refractivity contribution in [2.24, 2.45) is 7.05 Å². The van der Waals surface area contributed by atoms with Crippen molar-refractivity contribution in [3.05, 3.63) is 82.7 Å². The number of nitrogens with zero attached hydrogens (tertiary/aromatic N) is 5. The van der Waals surface area contributed by atoms with E-state index in [0.717, 1.165) is 11.1 Å². The van der Waals surface area contributed by atoms with Crippen molar-refractivity contribution in [1.82, 2.24) is 19.5 Å². The van der Waals surface area contributed by atoms with Crippen LogP contribution in [-0.4, -0.2) is 19.5 Å². The van der Waals surface area contributed by atoms with Gasteiger partial charge >= 0.3 is 0 Å². The second kappa shape index (κ2) is 7.29. The average Bonchev–Trinajstić information content (AvgIpc) is 2.75. The Balaban J connectivity index is 1.86. The van der Waals surface area contributed by atoms with Gasteiger partial charge in [0.2, 0.25) is 0 Å². The average molecular weight is 368 g/mol. The number of aromatic nitrogens is 4. The van der Waals surface area contributed by atoms with E-state index in [1.807, 2.05) is 18.2 Å². The fourth-order valence-corrected chi connectivity index (χ4v) is 2.93. The number of anilines is 1. The minimum absolute atomic E-state index is 0.174. The van der Waals surface area contributed by atoms with Crippen molar-refractivity contribution < 1.29 is 0 Å². The molecule has 7 heteroatoms. The summed E-state index contributed by atoms with van der Waals surface area (Å²) in [6.45, 7) is 0.490. The van der Waals surface area contributed by atoms with Gasteiger partial charge in [-0.25, -0.2) is 9.97 Å². The van der Waals surface area contributed by atoms with Gasteiger partial charge in [-0.2, -0.15) is 5.26 Å². The molecular weight excluding hydrogens is 352 g/mol. The normalized spacial score (nSPS) is 10.6. The number of nitriles is 1.